The smallest absolute Gasteiger partial charge is 0.196 e. The molecule has 0 radical (unpaired) electrons. The van der Waals surface area contributed by atoms with Crippen molar-refractivity contribution in [2.24, 2.45) is 0 Å². The highest BCUT2D eigenvalue weighted by Gasteiger charge is 2.32. The van der Waals surface area contributed by atoms with E-state index < -0.39 is 0 Å². The Labute approximate surface area is 156 Å². The number of benzene rings is 3. The van der Waals surface area contributed by atoms with Crippen LogP contribution in [0.5, 0.6) is 0 Å². The van der Waals surface area contributed by atoms with E-state index in [4.69, 9.17) is 11.6 Å². The van der Waals surface area contributed by atoms with Crippen LogP contribution in [-0.2, 0) is 6.42 Å². The highest BCUT2D eigenvalue weighted by Crippen LogP contribution is 2.35. The molecule has 1 aliphatic rings. The van der Waals surface area contributed by atoms with Gasteiger partial charge in [-0.25, -0.2) is 0 Å². The van der Waals surface area contributed by atoms with Crippen LogP contribution in [0.4, 0.5) is 5.69 Å². The fourth-order valence-corrected chi connectivity index (χ4v) is 3.59. The Morgan fingerprint density at radius 3 is 2.15 bits per heavy atom. The quantitative estimate of drug-likeness (QED) is 0.569. The molecule has 3 nitrogen and oxygen atoms in total. The van der Waals surface area contributed by atoms with Gasteiger partial charge in [-0.05, 0) is 24.1 Å². The molecule has 0 amide bonds. The van der Waals surface area contributed by atoms with Crippen molar-refractivity contribution < 1.29 is 9.59 Å². The number of nitrogens with one attached hydrogen (secondary N) is 1. The van der Waals surface area contributed by atoms with Gasteiger partial charge in [0.1, 0.15) is 0 Å². The van der Waals surface area contributed by atoms with E-state index in [9.17, 15) is 9.59 Å². The average Bonchev–Trinajstić information content (AvgIpc) is 2.67. The lowest BCUT2D eigenvalue weighted by molar-refractivity contribution is 0.0979. The van der Waals surface area contributed by atoms with E-state index >= 15 is 0 Å². The van der Waals surface area contributed by atoms with E-state index in [1.54, 1.807) is 30.3 Å². The molecule has 3 aromatic rings. The lowest BCUT2D eigenvalue weighted by Crippen LogP contribution is -2.23. The van der Waals surface area contributed by atoms with Gasteiger partial charge in [0.05, 0.1) is 16.1 Å². The molecular weight excluding hydrogens is 346 g/mol. The number of rotatable bonds is 4. The van der Waals surface area contributed by atoms with Gasteiger partial charge in [-0.3, -0.25) is 9.59 Å². The number of anilines is 1. The molecule has 4 rings (SSSR count). The van der Waals surface area contributed by atoms with Gasteiger partial charge in [0.15, 0.2) is 11.6 Å². The zero-order valence-electron chi connectivity index (χ0n) is 14.0. The van der Waals surface area contributed by atoms with Crippen LogP contribution in [0, 0.1) is 0 Å². The SMILES string of the molecule is O=C1c2cccc(NCCc3ccccc3)c2C(=O)c2cccc(Cl)c21. The predicted molar refractivity (Wildman–Crippen MR) is 103 cm³/mol. The normalized spacial score (nSPS) is 12.5. The molecule has 128 valence electrons. The van der Waals surface area contributed by atoms with Crippen molar-refractivity contribution in [3.8, 4) is 0 Å². The maximum Gasteiger partial charge on any atom is 0.196 e. The van der Waals surface area contributed by atoms with Gasteiger partial charge in [0.25, 0.3) is 0 Å². The lowest BCUT2D eigenvalue weighted by atomic mass is 9.83. The van der Waals surface area contributed by atoms with Gasteiger partial charge in [0.2, 0.25) is 0 Å². The van der Waals surface area contributed by atoms with Crippen LogP contribution in [0.2, 0.25) is 5.02 Å². The number of carbonyl (C=O) groups excluding carboxylic acids is 2. The number of hydrogen-bond acceptors (Lipinski definition) is 3. The lowest BCUT2D eigenvalue weighted by Gasteiger charge is -2.21. The van der Waals surface area contributed by atoms with Crippen molar-refractivity contribution in [3.05, 3.63) is 99.6 Å². The first kappa shape index (κ1) is 16.6. The zero-order valence-corrected chi connectivity index (χ0v) is 14.7. The second-order valence-corrected chi connectivity index (χ2v) is 6.62. The number of hydrogen-bond donors (Lipinski definition) is 1. The minimum absolute atomic E-state index is 0.167. The van der Waals surface area contributed by atoms with Crippen molar-refractivity contribution >= 4 is 28.9 Å². The second-order valence-electron chi connectivity index (χ2n) is 6.21. The zero-order chi connectivity index (χ0) is 18.1. The molecule has 1 N–H and O–H groups in total. The maximum atomic E-state index is 13.0. The molecule has 0 bridgehead atoms. The number of halogens is 1. The molecule has 0 unspecified atom stereocenters. The van der Waals surface area contributed by atoms with E-state index in [2.05, 4.69) is 17.4 Å². The van der Waals surface area contributed by atoms with Crippen LogP contribution in [0.3, 0.4) is 0 Å². The molecule has 0 atom stereocenters. The first-order valence-electron chi connectivity index (χ1n) is 8.45. The molecule has 0 aliphatic heterocycles. The first-order chi connectivity index (χ1) is 12.7. The van der Waals surface area contributed by atoms with E-state index in [1.807, 2.05) is 24.3 Å². The van der Waals surface area contributed by atoms with Crippen LogP contribution >= 0.6 is 11.6 Å². The van der Waals surface area contributed by atoms with Gasteiger partial charge < -0.3 is 5.32 Å². The molecule has 1 aliphatic carbocycles. The molecular formula is C22H16ClNO2. The van der Waals surface area contributed by atoms with Crippen molar-refractivity contribution in [3.63, 3.8) is 0 Å². The molecule has 4 heteroatoms. The van der Waals surface area contributed by atoms with Crippen LogP contribution in [0.15, 0.2) is 66.7 Å². The number of ketones is 2. The minimum Gasteiger partial charge on any atom is -0.384 e. The summed E-state index contributed by atoms with van der Waals surface area (Å²) in [5, 5.41) is 3.63. The second kappa shape index (κ2) is 6.77. The summed E-state index contributed by atoms with van der Waals surface area (Å²) in [6.45, 7) is 0.671. The van der Waals surface area contributed by atoms with Gasteiger partial charge >= 0.3 is 0 Å². The standard InChI is InChI=1S/C22H16ClNO2/c23-17-10-4-8-15-19(17)21(25)16-9-5-11-18(20(16)22(15)26)24-13-12-14-6-2-1-3-7-14/h1-11,24H,12-13H2. The highest BCUT2D eigenvalue weighted by molar-refractivity contribution is 6.39. The van der Waals surface area contributed by atoms with Crippen molar-refractivity contribution in [2.45, 2.75) is 6.42 Å². The first-order valence-corrected chi connectivity index (χ1v) is 8.83. The van der Waals surface area contributed by atoms with E-state index in [-0.39, 0.29) is 11.6 Å². The summed E-state index contributed by atoms with van der Waals surface area (Å²) in [4.78, 5) is 25.9. The van der Waals surface area contributed by atoms with Crippen LogP contribution in [-0.4, -0.2) is 18.1 Å². The van der Waals surface area contributed by atoms with Gasteiger partial charge in [-0.2, -0.15) is 0 Å². The molecule has 0 aromatic heterocycles. The molecule has 26 heavy (non-hydrogen) atoms. The summed E-state index contributed by atoms with van der Waals surface area (Å²) in [7, 11) is 0. The van der Waals surface area contributed by atoms with Gasteiger partial charge in [-0.15, -0.1) is 0 Å². The monoisotopic (exact) mass is 361 g/mol. The maximum absolute atomic E-state index is 13.0. The Morgan fingerprint density at radius 1 is 0.731 bits per heavy atom. The topological polar surface area (TPSA) is 46.2 Å². The number of fused-ring (bicyclic) bond motifs is 2. The van der Waals surface area contributed by atoms with Gasteiger partial charge in [-0.1, -0.05) is 66.2 Å². The Hall–Kier alpha value is -2.91. The Bertz CT molecular complexity index is 1010. The third-order valence-electron chi connectivity index (χ3n) is 4.59. The summed E-state index contributed by atoms with van der Waals surface area (Å²) in [6.07, 6.45) is 0.828. The summed E-state index contributed by atoms with van der Waals surface area (Å²) >= 11 is 6.17. The predicted octanol–water partition coefficient (Wildman–Crippen LogP) is 4.77. The van der Waals surface area contributed by atoms with Crippen molar-refractivity contribution in [2.75, 3.05) is 11.9 Å². The fourth-order valence-electron chi connectivity index (χ4n) is 3.33. The molecule has 0 fully saturated rings. The number of carbonyl (C=O) groups is 2. The summed E-state index contributed by atoms with van der Waals surface area (Å²) in [5.74, 6) is -0.369. The fraction of sp³-hybridized carbons (Fsp3) is 0.0909. The summed E-state index contributed by atoms with van der Waals surface area (Å²) < 4.78 is 0. The van der Waals surface area contributed by atoms with Crippen LogP contribution in [0.1, 0.15) is 37.4 Å². The van der Waals surface area contributed by atoms with Crippen LogP contribution < -0.4 is 5.32 Å². The molecule has 0 saturated heterocycles. The third-order valence-corrected chi connectivity index (χ3v) is 4.91. The molecule has 0 spiro atoms. The highest BCUT2D eigenvalue weighted by atomic mass is 35.5. The molecule has 0 heterocycles. The summed E-state index contributed by atoms with van der Waals surface area (Å²) in [5.41, 5.74) is 3.40. The Balaban J connectivity index is 1.66. The Morgan fingerprint density at radius 2 is 1.38 bits per heavy atom. The largest absolute Gasteiger partial charge is 0.384 e. The summed E-state index contributed by atoms with van der Waals surface area (Å²) in [6, 6.07) is 20.4. The van der Waals surface area contributed by atoms with Gasteiger partial charge in [0, 0.05) is 23.4 Å². The van der Waals surface area contributed by atoms with Crippen LogP contribution in [0.25, 0.3) is 0 Å². The van der Waals surface area contributed by atoms with E-state index in [0.29, 0.717) is 39.5 Å². The van der Waals surface area contributed by atoms with Crippen molar-refractivity contribution in [1.82, 2.24) is 0 Å². The minimum atomic E-state index is -0.202. The van der Waals surface area contributed by atoms with Crippen molar-refractivity contribution in [1.29, 1.82) is 0 Å². The van der Waals surface area contributed by atoms with E-state index in [0.717, 1.165) is 6.42 Å². The van der Waals surface area contributed by atoms with E-state index in [1.165, 1.54) is 5.56 Å². The molecule has 0 saturated carbocycles. The third kappa shape index (κ3) is 2.80. The molecule has 3 aromatic carbocycles. The Kier molecular flexibility index (Phi) is 4.31. The average molecular weight is 362 g/mol.